The average molecular weight is 513 g/mol. The standard InChI is InChI=1S/C28H36N2O7/c1-29-19-28(16-24(32)23(31)14-20-6-3-4-9-25(20)37-17-26(29)33)10-12-30(13-11-28)27(34)18-36-22-8-5-7-21(15-22)35-2/h3-9,15,23-24,31-32H,10-14,16-19H2,1-2H3/t23-,24+/m0/s1. The zero-order chi connectivity index (χ0) is 26.4. The molecule has 0 aliphatic carbocycles. The van der Waals surface area contributed by atoms with Crippen LogP contribution < -0.4 is 14.2 Å². The molecule has 0 radical (unpaired) electrons. The summed E-state index contributed by atoms with van der Waals surface area (Å²) < 4.78 is 16.6. The molecule has 9 heteroatoms. The van der Waals surface area contributed by atoms with Gasteiger partial charge in [0.15, 0.2) is 13.2 Å². The van der Waals surface area contributed by atoms with Crippen molar-refractivity contribution in [1.82, 2.24) is 9.80 Å². The van der Waals surface area contributed by atoms with Crippen LogP contribution in [0.25, 0.3) is 0 Å². The first-order chi connectivity index (χ1) is 17.8. The van der Waals surface area contributed by atoms with Crippen molar-refractivity contribution in [3.05, 3.63) is 54.1 Å². The number of piperidine rings is 1. The number of nitrogens with zero attached hydrogens (tertiary/aromatic N) is 2. The summed E-state index contributed by atoms with van der Waals surface area (Å²) in [5.74, 6) is 1.46. The number of ether oxygens (including phenoxy) is 3. The molecule has 0 bridgehead atoms. The highest BCUT2D eigenvalue weighted by Gasteiger charge is 2.41. The van der Waals surface area contributed by atoms with E-state index >= 15 is 0 Å². The first kappa shape index (κ1) is 26.8. The molecule has 1 saturated heterocycles. The van der Waals surface area contributed by atoms with Crippen LogP contribution in [0.3, 0.4) is 0 Å². The number of likely N-dealkylation sites (N-methyl/N-ethyl adjacent to an activating group) is 1. The number of fused-ring (bicyclic) bond motifs is 1. The highest BCUT2D eigenvalue weighted by atomic mass is 16.5. The van der Waals surface area contributed by atoms with Gasteiger partial charge in [-0.05, 0) is 48.4 Å². The molecule has 2 aromatic carbocycles. The molecule has 200 valence electrons. The molecule has 2 aromatic rings. The topological polar surface area (TPSA) is 109 Å². The van der Waals surface area contributed by atoms with E-state index in [1.165, 1.54) is 0 Å². The predicted molar refractivity (Wildman–Crippen MR) is 137 cm³/mol. The lowest BCUT2D eigenvalue weighted by Gasteiger charge is -2.45. The SMILES string of the molecule is COc1cccc(OCC(=O)N2CCC3(CC2)C[C@@H](O)[C@@H](O)Cc2ccccc2OCC(=O)N(C)C3)c1. The molecule has 2 heterocycles. The lowest BCUT2D eigenvalue weighted by atomic mass is 9.72. The number of rotatable bonds is 4. The van der Waals surface area contributed by atoms with Crippen LogP contribution in [0.1, 0.15) is 24.8 Å². The van der Waals surface area contributed by atoms with Gasteiger partial charge in [0.25, 0.3) is 11.8 Å². The summed E-state index contributed by atoms with van der Waals surface area (Å²) in [4.78, 5) is 29.1. The molecule has 2 aliphatic rings. The van der Waals surface area contributed by atoms with Gasteiger partial charge in [-0.1, -0.05) is 24.3 Å². The quantitative estimate of drug-likeness (QED) is 0.644. The summed E-state index contributed by atoms with van der Waals surface area (Å²) in [6, 6.07) is 14.4. The molecule has 0 aromatic heterocycles. The number of aliphatic hydroxyl groups excluding tert-OH is 2. The van der Waals surface area contributed by atoms with Crippen molar-refractivity contribution < 1.29 is 34.0 Å². The number of amides is 2. The number of para-hydroxylation sites is 1. The van der Waals surface area contributed by atoms with E-state index in [4.69, 9.17) is 14.2 Å². The monoisotopic (exact) mass is 512 g/mol. The Morgan fingerprint density at radius 2 is 1.81 bits per heavy atom. The first-order valence-electron chi connectivity index (χ1n) is 12.6. The van der Waals surface area contributed by atoms with Gasteiger partial charge in [-0.15, -0.1) is 0 Å². The summed E-state index contributed by atoms with van der Waals surface area (Å²) in [7, 11) is 3.30. The molecule has 0 unspecified atom stereocenters. The van der Waals surface area contributed by atoms with Gasteiger partial charge in [0, 0.05) is 39.2 Å². The summed E-state index contributed by atoms with van der Waals surface area (Å²) in [6.07, 6.45) is -0.207. The van der Waals surface area contributed by atoms with Crippen LogP contribution in [0.5, 0.6) is 17.2 Å². The maximum atomic E-state index is 12.9. The lowest BCUT2D eigenvalue weighted by Crippen LogP contribution is -2.51. The Labute approximate surface area is 217 Å². The summed E-state index contributed by atoms with van der Waals surface area (Å²) >= 11 is 0. The fraction of sp³-hybridized carbons (Fsp3) is 0.500. The van der Waals surface area contributed by atoms with Gasteiger partial charge in [0.05, 0.1) is 19.3 Å². The Bertz CT molecular complexity index is 1080. The van der Waals surface area contributed by atoms with Crippen LogP contribution in [0.15, 0.2) is 48.5 Å². The summed E-state index contributed by atoms with van der Waals surface area (Å²) in [5.41, 5.74) is 0.309. The molecular formula is C28H36N2O7. The number of methoxy groups -OCH3 is 1. The van der Waals surface area contributed by atoms with Crippen LogP contribution in [0.2, 0.25) is 0 Å². The van der Waals surface area contributed by atoms with Crippen LogP contribution in [-0.4, -0.2) is 91.0 Å². The molecule has 4 rings (SSSR count). The Balaban J connectivity index is 1.42. The smallest absolute Gasteiger partial charge is 0.260 e. The van der Waals surface area contributed by atoms with E-state index in [0.29, 0.717) is 56.1 Å². The van der Waals surface area contributed by atoms with Gasteiger partial charge in [-0.25, -0.2) is 0 Å². The number of carbonyl (C=O) groups excluding carboxylic acids is 2. The highest BCUT2D eigenvalue weighted by molar-refractivity contribution is 5.78. The zero-order valence-electron chi connectivity index (χ0n) is 21.5. The van der Waals surface area contributed by atoms with Crippen LogP contribution in [0.4, 0.5) is 0 Å². The van der Waals surface area contributed by atoms with Gasteiger partial charge in [0.2, 0.25) is 0 Å². The molecule has 2 aliphatic heterocycles. The van der Waals surface area contributed by atoms with E-state index in [9.17, 15) is 19.8 Å². The number of aliphatic hydroxyl groups is 2. The van der Waals surface area contributed by atoms with E-state index in [-0.39, 0.29) is 31.4 Å². The number of hydrogen-bond donors (Lipinski definition) is 2. The summed E-state index contributed by atoms with van der Waals surface area (Å²) in [5, 5.41) is 21.8. The fourth-order valence-corrected chi connectivity index (χ4v) is 5.18. The zero-order valence-corrected chi connectivity index (χ0v) is 21.5. The van der Waals surface area contributed by atoms with Gasteiger partial charge < -0.3 is 34.2 Å². The minimum Gasteiger partial charge on any atom is -0.497 e. The van der Waals surface area contributed by atoms with Crippen molar-refractivity contribution in [3.8, 4) is 17.2 Å². The minimum atomic E-state index is -0.977. The largest absolute Gasteiger partial charge is 0.497 e. The molecule has 2 N–H and O–H groups in total. The van der Waals surface area contributed by atoms with Crippen molar-refractivity contribution in [2.45, 2.75) is 37.9 Å². The summed E-state index contributed by atoms with van der Waals surface area (Å²) in [6.45, 7) is 1.17. The Kier molecular flexibility index (Phi) is 8.56. The molecule has 2 amide bonds. The molecular weight excluding hydrogens is 476 g/mol. The molecule has 0 saturated carbocycles. The maximum absolute atomic E-state index is 12.9. The van der Waals surface area contributed by atoms with E-state index in [1.54, 1.807) is 54.3 Å². The minimum absolute atomic E-state index is 0.0867. The van der Waals surface area contributed by atoms with Crippen molar-refractivity contribution in [2.75, 3.05) is 47.0 Å². The van der Waals surface area contributed by atoms with E-state index in [0.717, 1.165) is 5.56 Å². The molecule has 2 atom stereocenters. The molecule has 1 fully saturated rings. The van der Waals surface area contributed by atoms with E-state index in [2.05, 4.69) is 0 Å². The first-order valence-corrected chi connectivity index (χ1v) is 12.6. The second-order valence-electron chi connectivity index (χ2n) is 10.0. The van der Waals surface area contributed by atoms with E-state index in [1.807, 2.05) is 18.2 Å². The number of hydrogen-bond acceptors (Lipinski definition) is 7. The molecule has 1 spiro atoms. The van der Waals surface area contributed by atoms with Crippen LogP contribution >= 0.6 is 0 Å². The van der Waals surface area contributed by atoms with Crippen LogP contribution in [0, 0.1) is 5.41 Å². The number of benzene rings is 2. The second-order valence-corrected chi connectivity index (χ2v) is 10.0. The Hall–Kier alpha value is -3.30. The van der Waals surface area contributed by atoms with Gasteiger partial charge in [-0.2, -0.15) is 0 Å². The lowest BCUT2D eigenvalue weighted by molar-refractivity contribution is -0.140. The highest BCUT2D eigenvalue weighted by Crippen LogP contribution is 2.38. The third-order valence-electron chi connectivity index (χ3n) is 7.42. The van der Waals surface area contributed by atoms with Crippen molar-refractivity contribution in [2.24, 2.45) is 5.41 Å². The fourth-order valence-electron chi connectivity index (χ4n) is 5.18. The van der Waals surface area contributed by atoms with Crippen molar-refractivity contribution in [1.29, 1.82) is 0 Å². The molecule has 37 heavy (non-hydrogen) atoms. The maximum Gasteiger partial charge on any atom is 0.260 e. The Morgan fingerprint density at radius 3 is 2.57 bits per heavy atom. The van der Waals surface area contributed by atoms with Gasteiger partial charge in [-0.3, -0.25) is 9.59 Å². The van der Waals surface area contributed by atoms with Crippen LogP contribution in [-0.2, 0) is 16.0 Å². The predicted octanol–water partition coefficient (Wildman–Crippen LogP) is 1.89. The average Bonchev–Trinajstić information content (AvgIpc) is 2.91. The van der Waals surface area contributed by atoms with E-state index < -0.39 is 17.6 Å². The third-order valence-corrected chi connectivity index (χ3v) is 7.42. The number of carbonyl (C=O) groups is 2. The van der Waals surface area contributed by atoms with Crippen molar-refractivity contribution >= 4 is 11.8 Å². The third kappa shape index (κ3) is 6.72. The van der Waals surface area contributed by atoms with Crippen molar-refractivity contribution in [3.63, 3.8) is 0 Å². The Morgan fingerprint density at radius 1 is 1.08 bits per heavy atom. The normalized spacial score (nSPS) is 22.3. The van der Waals surface area contributed by atoms with Gasteiger partial charge in [0.1, 0.15) is 17.2 Å². The molecule has 9 nitrogen and oxygen atoms in total. The number of likely N-dealkylation sites (tertiary alicyclic amines) is 1. The van der Waals surface area contributed by atoms with Gasteiger partial charge >= 0.3 is 0 Å². The second kappa shape index (κ2) is 11.8.